The zero-order valence-electron chi connectivity index (χ0n) is 20.0. The number of halogens is 2. The van der Waals surface area contributed by atoms with Gasteiger partial charge in [0.25, 0.3) is 5.91 Å². The number of nitriles is 1. The summed E-state index contributed by atoms with van der Waals surface area (Å²) in [5, 5.41) is 10.2. The number of imidazole rings is 1. The Hall–Kier alpha value is -2.59. The summed E-state index contributed by atoms with van der Waals surface area (Å²) in [6, 6.07) is 9.33. The smallest absolute Gasteiger partial charge is 0.255 e. The maximum absolute atomic E-state index is 13.3. The number of aromatic nitrogens is 2. The van der Waals surface area contributed by atoms with Crippen LogP contribution in [0, 0.1) is 24.2 Å². The molecule has 0 bridgehead atoms. The van der Waals surface area contributed by atoms with Gasteiger partial charge in [0.1, 0.15) is 5.82 Å². The van der Waals surface area contributed by atoms with Crippen LogP contribution in [0.25, 0.3) is 11.0 Å². The average Bonchev–Trinajstić information content (AvgIpc) is 3.12. The van der Waals surface area contributed by atoms with Gasteiger partial charge >= 0.3 is 0 Å². The molecule has 178 valence electrons. The molecule has 0 aliphatic carbocycles. The maximum atomic E-state index is 13.3. The summed E-state index contributed by atoms with van der Waals surface area (Å²) in [6.45, 7) is 10.5. The van der Waals surface area contributed by atoms with Gasteiger partial charge in [0.15, 0.2) is 0 Å². The molecule has 2 aromatic carbocycles. The van der Waals surface area contributed by atoms with Crippen molar-refractivity contribution >= 4 is 40.1 Å². The fourth-order valence-corrected chi connectivity index (χ4v) is 5.22. The highest BCUT2D eigenvalue weighted by atomic mass is 35.5. The molecule has 1 aliphatic heterocycles. The molecular formula is C26H29Cl2N5O. The molecule has 6 nitrogen and oxygen atoms in total. The minimum absolute atomic E-state index is 0.0633. The van der Waals surface area contributed by atoms with Gasteiger partial charge in [-0.2, -0.15) is 5.26 Å². The van der Waals surface area contributed by atoms with Crippen LogP contribution in [0.3, 0.4) is 0 Å². The first-order valence-electron chi connectivity index (χ1n) is 11.5. The summed E-state index contributed by atoms with van der Waals surface area (Å²) in [5.41, 5.74) is 4.41. The van der Waals surface area contributed by atoms with Crippen molar-refractivity contribution in [3.63, 3.8) is 0 Å². The Labute approximate surface area is 210 Å². The number of rotatable bonds is 5. The predicted octanol–water partition coefficient (Wildman–Crippen LogP) is 5.06. The molecule has 1 fully saturated rings. The molecule has 4 rings (SSSR count). The molecule has 1 aliphatic rings. The number of carbonyl (C=O) groups is 1. The number of piperazine rings is 1. The van der Waals surface area contributed by atoms with Gasteiger partial charge in [-0.25, -0.2) is 4.98 Å². The molecule has 8 heteroatoms. The van der Waals surface area contributed by atoms with Crippen molar-refractivity contribution in [1.29, 1.82) is 5.26 Å². The highest BCUT2D eigenvalue weighted by Gasteiger charge is 2.26. The van der Waals surface area contributed by atoms with Gasteiger partial charge in [-0.3, -0.25) is 9.69 Å². The van der Waals surface area contributed by atoms with Crippen LogP contribution in [0.5, 0.6) is 0 Å². The Morgan fingerprint density at radius 1 is 1.18 bits per heavy atom. The molecule has 0 saturated carbocycles. The van der Waals surface area contributed by atoms with Gasteiger partial charge in [0, 0.05) is 51.2 Å². The first-order valence-corrected chi connectivity index (χ1v) is 12.3. The fourth-order valence-electron chi connectivity index (χ4n) is 4.63. The number of benzene rings is 2. The van der Waals surface area contributed by atoms with Crippen LogP contribution in [0.4, 0.5) is 0 Å². The summed E-state index contributed by atoms with van der Waals surface area (Å²) in [6.07, 6.45) is 0.382. The predicted molar refractivity (Wildman–Crippen MR) is 137 cm³/mol. The van der Waals surface area contributed by atoms with Crippen LogP contribution in [-0.4, -0.2) is 58.0 Å². The minimum atomic E-state index is -0.0633. The van der Waals surface area contributed by atoms with E-state index in [9.17, 15) is 10.1 Å². The fraction of sp³-hybridized carbons (Fsp3) is 0.423. The Kier molecular flexibility index (Phi) is 7.18. The summed E-state index contributed by atoms with van der Waals surface area (Å²) in [7, 11) is 1.92. The van der Waals surface area contributed by atoms with E-state index in [0.29, 0.717) is 52.2 Å². The van der Waals surface area contributed by atoms with Crippen LogP contribution in [-0.2, 0) is 13.5 Å². The van der Waals surface area contributed by atoms with Crippen molar-refractivity contribution in [2.24, 2.45) is 13.0 Å². The van der Waals surface area contributed by atoms with Crippen LogP contribution < -0.4 is 0 Å². The lowest BCUT2D eigenvalue weighted by Gasteiger charge is -2.35. The molecule has 0 atom stereocenters. The number of nitrogens with zero attached hydrogens (tertiary/aromatic N) is 5. The maximum Gasteiger partial charge on any atom is 0.255 e. The van der Waals surface area contributed by atoms with Crippen molar-refractivity contribution in [3.8, 4) is 6.07 Å². The van der Waals surface area contributed by atoms with E-state index in [-0.39, 0.29) is 5.91 Å². The van der Waals surface area contributed by atoms with E-state index in [0.717, 1.165) is 42.1 Å². The second-order valence-corrected chi connectivity index (χ2v) is 10.2. The molecule has 0 N–H and O–H groups in total. The number of carbonyl (C=O) groups excluding carboxylic acids is 1. The largest absolute Gasteiger partial charge is 0.336 e. The highest BCUT2D eigenvalue weighted by molar-refractivity contribution is 6.38. The van der Waals surface area contributed by atoms with Gasteiger partial charge in [0.2, 0.25) is 0 Å². The van der Waals surface area contributed by atoms with Crippen molar-refractivity contribution in [2.45, 2.75) is 27.2 Å². The summed E-state index contributed by atoms with van der Waals surface area (Å²) < 4.78 is 1.96. The van der Waals surface area contributed by atoms with E-state index in [4.69, 9.17) is 28.2 Å². The first-order chi connectivity index (χ1) is 16.2. The van der Waals surface area contributed by atoms with Crippen molar-refractivity contribution in [3.05, 3.63) is 62.4 Å². The van der Waals surface area contributed by atoms with Gasteiger partial charge in [-0.15, -0.1) is 0 Å². The van der Waals surface area contributed by atoms with Gasteiger partial charge in [0.05, 0.1) is 33.3 Å². The minimum Gasteiger partial charge on any atom is -0.336 e. The van der Waals surface area contributed by atoms with E-state index in [1.807, 2.05) is 35.6 Å². The topological polar surface area (TPSA) is 65.2 Å². The normalized spacial score (nSPS) is 14.7. The van der Waals surface area contributed by atoms with E-state index in [2.05, 4.69) is 24.8 Å². The Balaban J connectivity index is 1.60. The molecule has 1 aromatic heterocycles. The summed E-state index contributed by atoms with van der Waals surface area (Å²) in [5.74, 6) is 1.31. The third-order valence-electron chi connectivity index (χ3n) is 6.43. The summed E-state index contributed by atoms with van der Waals surface area (Å²) in [4.78, 5) is 22.4. The zero-order chi connectivity index (χ0) is 24.6. The van der Waals surface area contributed by atoms with E-state index < -0.39 is 0 Å². The SMILES string of the molecule is Cc1cc(C#N)cc2c1nc(Cc1c(Cl)ccc(C(=O)N3CCN(CC(C)C)CC3)c1Cl)n2C. The lowest BCUT2D eigenvalue weighted by Crippen LogP contribution is -2.49. The molecular weight excluding hydrogens is 469 g/mol. The molecule has 0 radical (unpaired) electrons. The Morgan fingerprint density at radius 2 is 1.88 bits per heavy atom. The van der Waals surface area contributed by atoms with Crippen LogP contribution in [0.15, 0.2) is 24.3 Å². The average molecular weight is 498 g/mol. The van der Waals surface area contributed by atoms with E-state index >= 15 is 0 Å². The Morgan fingerprint density at radius 3 is 2.53 bits per heavy atom. The molecule has 0 spiro atoms. The molecule has 3 aromatic rings. The number of fused-ring (bicyclic) bond motifs is 1. The van der Waals surface area contributed by atoms with E-state index in [1.165, 1.54) is 0 Å². The van der Waals surface area contributed by atoms with E-state index in [1.54, 1.807) is 12.1 Å². The quantitative estimate of drug-likeness (QED) is 0.493. The van der Waals surface area contributed by atoms with Crippen LogP contribution >= 0.6 is 23.2 Å². The Bertz CT molecular complexity index is 1280. The van der Waals surface area contributed by atoms with Crippen molar-refractivity contribution in [1.82, 2.24) is 19.4 Å². The molecule has 1 amide bonds. The number of hydrogen-bond acceptors (Lipinski definition) is 4. The molecule has 1 saturated heterocycles. The van der Waals surface area contributed by atoms with Gasteiger partial charge < -0.3 is 9.47 Å². The molecule has 2 heterocycles. The monoisotopic (exact) mass is 497 g/mol. The van der Waals surface area contributed by atoms with Gasteiger partial charge in [-0.1, -0.05) is 37.0 Å². The lowest BCUT2D eigenvalue weighted by atomic mass is 10.1. The molecule has 0 unspecified atom stereocenters. The third-order valence-corrected chi connectivity index (χ3v) is 7.22. The van der Waals surface area contributed by atoms with Crippen LogP contribution in [0.1, 0.15) is 46.7 Å². The number of amides is 1. The highest BCUT2D eigenvalue weighted by Crippen LogP contribution is 2.32. The first kappa shape index (κ1) is 24.5. The second kappa shape index (κ2) is 9.95. The van der Waals surface area contributed by atoms with Gasteiger partial charge in [-0.05, 0) is 48.2 Å². The second-order valence-electron chi connectivity index (χ2n) is 9.41. The lowest BCUT2D eigenvalue weighted by molar-refractivity contribution is 0.0624. The summed E-state index contributed by atoms with van der Waals surface area (Å²) >= 11 is 13.3. The number of aryl methyl sites for hydroxylation is 2. The van der Waals surface area contributed by atoms with Crippen LogP contribution in [0.2, 0.25) is 10.0 Å². The third kappa shape index (κ3) is 4.79. The molecule has 34 heavy (non-hydrogen) atoms. The van der Waals surface area contributed by atoms with Crippen molar-refractivity contribution in [2.75, 3.05) is 32.7 Å². The van der Waals surface area contributed by atoms with Crippen molar-refractivity contribution < 1.29 is 4.79 Å². The standard InChI is InChI=1S/C26H29Cl2N5O/c1-16(2)15-32-7-9-33(10-8-32)26(34)19-5-6-21(27)20(24(19)28)13-23-30-25-17(3)11-18(14-29)12-22(25)31(23)4/h5-6,11-12,16H,7-10,13,15H2,1-4H3. The number of hydrogen-bond donors (Lipinski definition) is 0. The zero-order valence-corrected chi connectivity index (χ0v) is 21.5.